The summed E-state index contributed by atoms with van der Waals surface area (Å²) >= 11 is 1.18. The molecule has 116 valence electrons. The number of aromatic nitrogens is 2. The van der Waals surface area contributed by atoms with E-state index in [1.165, 1.54) is 11.8 Å². The van der Waals surface area contributed by atoms with Gasteiger partial charge in [0, 0.05) is 12.5 Å². The third kappa shape index (κ3) is 5.04. The van der Waals surface area contributed by atoms with Crippen LogP contribution in [0.3, 0.4) is 0 Å². The Balaban J connectivity index is 1.69. The number of carbonyl (C=O) groups is 2. The predicted octanol–water partition coefficient (Wildman–Crippen LogP) is 1.07. The van der Waals surface area contributed by atoms with Gasteiger partial charge in [-0.25, -0.2) is 0 Å². The first-order valence-corrected chi connectivity index (χ1v) is 8.12. The molecule has 0 radical (unpaired) electrons. The average molecular weight is 312 g/mol. The van der Waals surface area contributed by atoms with Crippen molar-refractivity contribution in [2.45, 2.75) is 50.3 Å². The fraction of sp³-hybridized carbons (Fsp3) is 0.692. The van der Waals surface area contributed by atoms with Crippen LogP contribution in [0, 0.1) is 0 Å². The molecule has 0 aromatic carbocycles. The summed E-state index contributed by atoms with van der Waals surface area (Å²) in [5, 5.41) is 13.6. The van der Waals surface area contributed by atoms with Gasteiger partial charge in [-0.05, 0) is 26.2 Å². The van der Waals surface area contributed by atoms with Crippen LogP contribution in [-0.4, -0.2) is 40.4 Å². The van der Waals surface area contributed by atoms with Gasteiger partial charge in [0.25, 0.3) is 5.22 Å². The topological polar surface area (TPSA) is 97.1 Å². The van der Waals surface area contributed by atoms with Gasteiger partial charge in [-0.2, -0.15) is 0 Å². The van der Waals surface area contributed by atoms with E-state index in [0.29, 0.717) is 23.6 Å². The number of rotatable bonds is 8. The van der Waals surface area contributed by atoms with Crippen LogP contribution in [-0.2, 0) is 9.59 Å². The maximum Gasteiger partial charge on any atom is 0.277 e. The van der Waals surface area contributed by atoms with Crippen LogP contribution in [0.15, 0.2) is 9.64 Å². The van der Waals surface area contributed by atoms with E-state index in [2.05, 4.69) is 20.8 Å². The van der Waals surface area contributed by atoms with E-state index in [-0.39, 0.29) is 17.6 Å². The number of hydrogen-bond donors (Lipinski definition) is 2. The zero-order valence-corrected chi connectivity index (χ0v) is 13.0. The minimum absolute atomic E-state index is 0.150. The summed E-state index contributed by atoms with van der Waals surface area (Å²) in [5.41, 5.74) is 0. The van der Waals surface area contributed by atoms with Crippen molar-refractivity contribution >= 4 is 23.6 Å². The molecule has 2 amide bonds. The Morgan fingerprint density at radius 1 is 1.43 bits per heavy atom. The first-order chi connectivity index (χ1) is 10.1. The van der Waals surface area contributed by atoms with Gasteiger partial charge in [-0.15, -0.1) is 10.2 Å². The SMILES string of the molecule is CCCNC(=O)[C@H](C)NC(=O)CSc1nnc(C2CC2)o1. The smallest absolute Gasteiger partial charge is 0.277 e. The Kier molecular flexibility index (Phi) is 5.60. The quantitative estimate of drug-likeness (QED) is 0.697. The molecule has 1 atom stereocenters. The molecule has 1 fully saturated rings. The molecule has 1 aliphatic rings. The summed E-state index contributed by atoms with van der Waals surface area (Å²) in [5.74, 6) is 0.806. The Bertz CT molecular complexity index is 501. The molecule has 1 saturated carbocycles. The highest BCUT2D eigenvalue weighted by molar-refractivity contribution is 7.99. The van der Waals surface area contributed by atoms with Crippen LogP contribution in [0.4, 0.5) is 0 Å². The standard InChI is InChI=1S/C13H20N4O3S/c1-3-6-14-11(19)8(2)15-10(18)7-21-13-17-16-12(20-13)9-4-5-9/h8-9H,3-7H2,1-2H3,(H,14,19)(H,15,18)/t8-/m0/s1. The van der Waals surface area contributed by atoms with E-state index in [9.17, 15) is 9.59 Å². The highest BCUT2D eigenvalue weighted by atomic mass is 32.2. The molecule has 0 spiro atoms. The lowest BCUT2D eigenvalue weighted by atomic mass is 10.3. The molecular formula is C13H20N4O3S. The van der Waals surface area contributed by atoms with Crippen molar-refractivity contribution in [3.63, 3.8) is 0 Å². The largest absolute Gasteiger partial charge is 0.416 e. The number of nitrogens with one attached hydrogen (secondary N) is 2. The van der Waals surface area contributed by atoms with Crippen LogP contribution in [0.1, 0.15) is 44.9 Å². The van der Waals surface area contributed by atoms with Crippen molar-refractivity contribution in [3.8, 4) is 0 Å². The Labute approximate surface area is 127 Å². The summed E-state index contributed by atoms with van der Waals surface area (Å²) in [4.78, 5) is 23.4. The van der Waals surface area contributed by atoms with E-state index in [1.54, 1.807) is 6.92 Å². The van der Waals surface area contributed by atoms with E-state index in [4.69, 9.17) is 4.42 Å². The number of thioether (sulfide) groups is 1. The zero-order chi connectivity index (χ0) is 15.2. The van der Waals surface area contributed by atoms with Crippen molar-refractivity contribution in [2.75, 3.05) is 12.3 Å². The molecule has 1 aliphatic carbocycles. The molecule has 2 N–H and O–H groups in total. The summed E-state index contributed by atoms with van der Waals surface area (Å²) in [6.07, 6.45) is 3.05. The Morgan fingerprint density at radius 2 is 2.19 bits per heavy atom. The molecule has 1 heterocycles. The molecule has 8 heteroatoms. The third-order valence-electron chi connectivity index (χ3n) is 3.00. The molecule has 1 aromatic heterocycles. The molecule has 2 rings (SSSR count). The lowest BCUT2D eigenvalue weighted by Crippen LogP contribution is -2.45. The van der Waals surface area contributed by atoms with Gasteiger partial charge in [0.15, 0.2) is 0 Å². The van der Waals surface area contributed by atoms with Gasteiger partial charge in [0.05, 0.1) is 5.75 Å². The van der Waals surface area contributed by atoms with Gasteiger partial charge in [0.2, 0.25) is 17.7 Å². The Hall–Kier alpha value is -1.57. The average Bonchev–Trinajstić information content (AvgIpc) is 3.21. The maximum atomic E-state index is 11.8. The predicted molar refractivity (Wildman–Crippen MR) is 77.9 cm³/mol. The maximum absolute atomic E-state index is 11.8. The third-order valence-corrected chi connectivity index (χ3v) is 3.81. The molecule has 1 aromatic rings. The molecule has 0 unspecified atom stereocenters. The lowest BCUT2D eigenvalue weighted by molar-refractivity contribution is -0.127. The highest BCUT2D eigenvalue weighted by Gasteiger charge is 2.29. The summed E-state index contributed by atoms with van der Waals surface area (Å²) in [7, 11) is 0. The van der Waals surface area contributed by atoms with E-state index in [1.807, 2.05) is 6.92 Å². The molecule has 0 saturated heterocycles. The van der Waals surface area contributed by atoms with Crippen LogP contribution in [0.5, 0.6) is 0 Å². The lowest BCUT2D eigenvalue weighted by Gasteiger charge is -2.13. The second-order valence-electron chi connectivity index (χ2n) is 5.05. The minimum Gasteiger partial charge on any atom is -0.416 e. The van der Waals surface area contributed by atoms with Crippen LogP contribution >= 0.6 is 11.8 Å². The normalized spacial score (nSPS) is 15.5. The fourth-order valence-electron chi connectivity index (χ4n) is 1.65. The van der Waals surface area contributed by atoms with Gasteiger partial charge in [0.1, 0.15) is 6.04 Å². The number of nitrogens with zero attached hydrogens (tertiary/aromatic N) is 2. The number of carbonyl (C=O) groups excluding carboxylic acids is 2. The zero-order valence-electron chi connectivity index (χ0n) is 12.2. The van der Waals surface area contributed by atoms with Crippen molar-refractivity contribution < 1.29 is 14.0 Å². The summed E-state index contributed by atoms with van der Waals surface area (Å²) < 4.78 is 5.44. The second kappa shape index (κ2) is 7.44. The van der Waals surface area contributed by atoms with Crippen LogP contribution in [0.25, 0.3) is 0 Å². The molecular weight excluding hydrogens is 292 g/mol. The van der Waals surface area contributed by atoms with Gasteiger partial charge in [-0.3, -0.25) is 9.59 Å². The van der Waals surface area contributed by atoms with Crippen molar-refractivity contribution in [3.05, 3.63) is 5.89 Å². The molecule has 7 nitrogen and oxygen atoms in total. The Morgan fingerprint density at radius 3 is 2.86 bits per heavy atom. The van der Waals surface area contributed by atoms with Gasteiger partial charge < -0.3 is 15.1 Å². The summed E-state index contributed by atoms with van der Waals surface area (Å²) in [6.45, 7) is 4.24. The van der Waals surface area contributed by atoms with E-state index < -0.39 is 6.04 Å². The minimum atomic E-state index is -0.547. The van der Waals surface area contributed by atoms with Crippen LogP contribution < -0.4 is 10.6 Å². The van der Waals surface area contributed by atoms with Gasteiger partial charge >= 0.3 is 0 Å². The van der Waals surface area contributed by atoms with Gasteiger partial charge in [-0.1, -0.05) is 18.7 Å². The van der Waals surface area contributed by atoms with Crippen molar-refractivity contribution in [2.24, 2.45) is 0 Å². The molecule has 0 aliphatic heterocycles. The first-order valence-electron chi connectivity index (χ1n) is 7.13. The van der Waals surface area contributed by atoms with Crippen LogP contribution in [0.2, 0.25) is 0 Å². The second-order valence-corrected chi connectivity index (χ2v) is 5.98. The first kappa shape index (κ1) is 15.8. The molecule has 21 heavy (non-hydrogen) atoms. The van der Waals surface area contributed by atoms with Crippen molar-refractivity contribution in [1.29, 1.82) is 0 Å². The highest BCUT2D eigenvalue weighted by Crippen LogP contribution is 2.39. The fourth-order valence-corrected chi connectivity index (χ4v) is 2.23. The summed E-state index contributed by atoms with van der Waals surface area (Å²) in [6, 6.07) is -0.547. The number of amides is 2. The van der Waals surface area contributed by atoms with E-state index >= 15 is 0 Å². The molecule has 0 bridgehead atoms. The van der Waals surface area contributed by atoms with Crippen molar-refractivity contribution in [1.82, 2.24) is 20.8 Å². The van der Waals surface area contributed by atoms with E-state index in [0.717, 1.165) is 19.3 Å². The monoisotopic (exact) mass is 312 g/mol. The number of hydrogen-bond acceptors (Lipinski definition) is 6.